The van der Waals surface area contributed by atoms with Crippen LogP contribution < -0.4 is 11.1 Å². The molecule has 0 bridgehead atoms. The molecule has 5 nitrogen and oxygen atoms in total. The molecule has 0 saturated carbocycles. The highest BCUT2D eigenvalue weighted by molar-refractivity contribution is 5.96. The van der Waals surface area contributed by atoms with E-state index in [9.17, 15) is 9.59 Å². The van der Waals surface area contributed by atoms with Crippen LogP contribution in [0.25, 0.3) is 0 Å². The molecule has 1 unspecified atom stereocenters. The highest BCUT2D eigenvalue weighted by Crippen LogP contribution is 2.14. The third-order valence-corrected chi connectivity index (χ3v) is 3.77. The fourth-order valence-electron chi connectivity index (χ4n) is 2.38. The number of nitrogens with two attached hydrogens (primary N) is 1. The van der Waals surface area contributed by atoms with Gasteiger partial charge in [0, 0.05) is 5.69 Å². The van der Waals surface area contributed by atoms with Crippen LogP contribution in [0.2, 0.25) is 0 Å². The van der Waals surface area contributed by atoms with E-state index in [1.54, 1.807) is 0 Å². The molecular formula is C18H28N2O3. The number of hydrogen-bond acceptors (Lipinski definition) is 3. The van der Waals surface area contributed by atoms with E-state index in [-0.39, 0.29) is 6.42 Å². The molecule has 0 spiro atoms. The minimum Gasteiger partial charge on any atom is -0.481 e. The number of carboxylic acid groups (broad SMARTS) is 1. The highest BCUT2D eigenvalue weighted by Gasteiger charge is 2.16. The zero-order chi connectivity index (χ0) is 17.1. The number of nitrogens with one attached hydrogen (secondary N) is 1. The fraction of sp³-hybridized carbons (Fsp3) is 0.556. The van der Waals surface area contributed by atoms with Crippen molar-refractivity contribution in [2.75, 3.05) is 5.32 Å². The maximum Gasteiger partial charge on any atom is 0.305 e. The summed E-state index contributed by atoms with van der Waals surface area (Å²) in [7, 11) is 0. The Kier molecular flexibility index (Phi) is 8.98. The molecule has 5 heteroatoms. The molecule has 0 saturated heterocycles. The van der Waals surface area contributed by atoms with Crippen LogP contribution in [-0.2, 0) is 16.0 Å². The zero-order valence-electron chi connectivity index (χ0n) is 13.9. The number of unbranched alkanes of at least 4 members (excludes halogenated alkanes) is 5. The van der Waals surface area contributed by atoms with Crippen molar-refractivity contribution in [2.45, 2.75) is 64.3 Å². The number of aryl methyl sites for hydroxylation is 1. The van der Waals surface area contributed by atoms with Crippen LogP contribution in [0.15, 0.2) is 24.3 Å². The minimum absolute atomic E-state index is 0.373. The monoisotopic (exact) mass is 320 g/mol. The molecule has 23 heavy (non-hydrogen) atoms. The summed E-state index contributed by atoms with van der Waals surface area (Å²) < 4.78 is 0. The average molecular weight is 320 g/mol. The molecule has 1 rings (SSSR count). The lowest BCUT2D eigenvalue weighted by atomic mass is 10.0. The maximum atomic E-state index is 11.7. The molecule has 0 fully saturated rings. The van der Waals surface area contributed by atoms with Gasteiger partial charge in [-0.1, -0.05) is 51.2 Å². The van der Waals surface area contributed by atoms with E-state index in [0.29, 0.717) is 5.69 Å². The van der Waals surface area contributed by atoms with Crippen LogP contribution in [-0.4, -0.2) is 23.0 Å². The van der Waals surface area contributed by atoms with Crippen molar-refractivity contribution in [3.8, 4) is 0 Å². The number of hydrogen-bond donors (Lipinski definition) is 3. The summed E-state index contributed by atoms with van der Waals surface area (Å²) in [4.78, 5) is 22.3. The molecule has 1 atom stereocenters. The van der Waals surface area contributed by atoms with Gasteiger partial charge in [-0.25, -0.2) is 0 Å². The Bertz CT molecular complexity index is 486. The molecule has 1 aromatic carbocycles. The number of amides is 1. The number of carbonyl (C=O) groups is 2. The summed E-state index contributed by atoms with van der Waals surface area (Å²) in [5, 5.41) is 11.3. The molecule has 4 N–H and O–H groups in total. The Morgan fingerprint density at radius 2 is 1.70 bits per heavy atom. The van der Waals surface area contributed by atoms with Crippen LogP contribution >= 0.6 is 0 Å². The van der Waals surface area contributed by atoms with Crippen molar-refractivity contribution in [1.29, 1.82) is 0 Å². The SMILES string of the molecule is CCCCCCCCc1ccc(NC(=O)C(N)CC(=O)O)cc1. The lowest BCUT2D eigenvalue weighted by molar-refractivity contribution is -0.138. The molecule has 0 aliphatic carbocycles. The lowest BCUT2D eigenvalue weighted by Crippen LogP contribution is -2.37. The number of carbonyl (C=O) groups excluding carboxylic acids is 1. The molecule has 128 valence electrons. The lowest BCUT2D eigenvalue weighted by Gasteiger charge is -2.10. The predicted molar refractivity (Wildman–Crippen MR) is 92.4 cm³/mol. The third-order valence-electron chi connectivity index (χ3n) is 3.77. The van der Waals surface area contributed by atoms with E-state index < -0.39 is 17.9 Å². The van der Waals surface area contributed by atoms with Gasteiger partial charge in [0.15, 0.2) is 0 Å². The van der Waals surface area contributed by atoms with E-state index in [2.05, 4.69) is 12.2 Å². The van der Waals surface area contributed by atoms with Gasteiger partial charge in [0.1, 0.15) is 0 Å². The number of carboxylic acids is 1. The van der Waals surface area contributed by atoms with E-state index in [0.717, 1.165) is 6.42 Å². The van der Waals surface area contributed by atoms with Crippen molar-refractivity contribution >= 4 is 17.6 Å². The van der Waals surface area contributed by atoms with Crippen molar-refractivity contribution in [3.63, 3.8) is 0 Å². The minimum atomic E-state index is -1.08. The van der Waals surface area contributed by atoms with Crippen LogP contribution in [0.4, 0.5) is 5.69 Å². The Labute approximate surface area is 138 Å². The second-order valence-electron chi connectivity index (χ2n) is 5.91. The maximum absolute atomic E-state index is 11.7. The number of benzene rings is 1. The topological polar surface area (TPSA) is 92.4 Å². The van der Waals surface area contributed by atoms with Crippen molar-refractivity contribution in [1.82, 2.24) is 0 Å². The van der Waals surface area contributed by atoms with Crippen LogP contribution in [0.3, 0.4) is 0 Å². The smallest absolute Gasteiger partial charge is 0.305 e. The van der Waals surface area contributed by atoms with Gasteiger partial charge in [0.2, 0.25) is 5.91 Å². The standard InChI is InChI=1S/C18H28N2O3/c1-2-3-4-5-6-7-8-14-9-11-15(12-10-14)20-18(23)16(19)13-17(21)22/h9-12,16H,2-8,13,19H2,1H3,(H,20,23)(H,21,22). The number of aliphatic carboxylic acids is 1. The van der Waals surface area contributed by atoms with Gasteiger partial charge in [0.05, 0.1) is 12.5 Å². The van der Waals surface area contributed by atoms with Crippen molar-refractivity contribution in [3.05, 3.63) is 29.8 Å². The quantitative estimate of drug-likeness (QED) is 0.545. The Morgan fingerprint density at radius 1 is 1.09 bits per heavy atom. The molecule has 1 aromatic rings. The van der Waals surface area contributed by atoms with Crippen LogP contribution in [0.1, 0.15) is 57.4 Å². The van der Waals surface area contributed by atoms with Gasteiger partial charge in [-0.15, -0.1) is 0 Å². The molecular weight excluding hydrogens is 292 g/mol. The largest absolute Gasteiger partial charge is 0.481 e. The summed E-state index contributed by atoms with van der Waals surface area (Å²) in [5.41, 5.74) is 7.40. The second kappa shape index (κ2) is 10.8. The summed E-state index contributed by atoms with van der Waals surface area (Å²) >= 11 is 0. The molecule has 0 aliphatic rings. The molecule has 0 heterocycles. The van der Waals surface area contributed by atoms with Crippen molar-refractivity contribution in [2.24, 2.45) is 5.73 Å². The van der Waals surface area contributed by atoms with Gasteiger partial charge < -0.3 is 16.2 Å². The first-order valence-corrected chi connectivity index (χ1v) is 8.40. The van der Waals surface area contributed by atoms with Crippen LogP contribution in [0.5, 0.6) is 0 Å². The Balaban J connectivity index is 2.32. The molecule has 1 amide bonds. The zero-order valence-corrected chi connectivity index (χ0v) is 13.9. The Hall–Kier alpha value is -1.88. The number of rotatable bonds is 11. The molecule has 0 aromatic heterocycles. The van der Waals surface area contributed by atoms with Gasteiger partial charge in [-0.2, -0.15) is 0 Å². The number of anilines is 1. The van der Waals surface area contributed by atoms with E-state index in [1.807, 2.05) is 24.3 Å². The molecule has 0 aliphatic heterocycles. The van der Waals surface area contributed by atoms with Crippen molar-refractivity contribution < 1.29 is 14.7 Å². The van der Waals surface area contributed by atoms with Gasteiger partial charge in [-0.3, -0.25) is 9.59 Å². The fourth-order valence-corrected chi connectivity index (χ4v) is 2.38. The Morgan fingerprint density at radius 3 is 2.30 bits per heavy atom. The first-order valence-electron chi connectivity index (χ1n) is 8.40. The normalized spacial score (nSPS) is 11.9. The average Bonchev–Trinajstić information content (AvgIpc) is 2.51. The first kappa shape index (κ1) is 19.2. The van der Waals surface area contributed by atoms with E-state index >= 15 is 0 Å². The van der Waals surface area contributed by atoms with Gasteiger partial charge >= 0.3 is 5.97 Å². The summed E-state index contributed by atoms with van der Waals surface area (Å²) in [6.45, 7) is 2.22. The van der Waals surface area contributed by atoms with E-state index in [4.69, 9.17) is 10.8 Å². The van der Waals surface area contributed by atoms with Gasteiger partial charge in [0.25, 0.3) is 0 Å². The molecule has 0 radical (unpaired) electrons. The summed E-state index contributed by atoms with van der Waals surface area (Å²) in [6.07, 6.45) is 8.30. The third kappa shape index (κ3) is 8.35. The first-order chi connectivity index (χ1) is 11.0. The van der Waals surface area contributed by atoms with Crippen LogP contribution in [0, 0.1) is 0 Å². The van der Waals surface area contributed by atoms with Gasteiger partial charge in [-0.05, 0) is 30.5 Å². The summed E-state index contributed by atoms with van der Waals surface area (Å²) in [6, 6.07) is 6.61. The summed E-state index contributed by atoms with van der Waals surface area (Å²) in [5.74, 6) is -1.56. The van der Waals surface area contributed by atoms with E-state index in [1.165, 1.54) is 44.1 Å². The highest BCUT2D eigenvalue weighted by atomic mass is 16.4. The second-order valence-corrected chi connectivity index (χ2v) is 5.91. The predicted octanol–water partition coefficient (Wildman–Crippen LogP) is 3.33.